The standard InChI is InChI=1S/C16H19NO3/c18-15(17-8-4-7-14(17)16(19)20)10-12-9-13(12)11-5-2-1-3-6-11/h1-3,5-6,12-14H,4,7-10H2,(H,19,20)/t12-,13-,14+/m0/s1. The van der Waals surface area contributed by atoms with Gasteiger partial charge in [0, 0.05) is 13.0 Å². The number of hydrogen-bond donors (Lipinski definition) is 1. The highest BCUT2D eigenvalue weighted by Crippen LogP contribution is 2.49. The molecule has 1 heterocycles. The summed E-state index contributed by atoms with van der Waals surface area (Å²) in [6.07, 6.45) is 2.92. The van der Waals surface area contributed by atoms with Gasteiger partial charge in [0.15, 0.2) is 0 Å². The monoisotopic (exact) mass is 273 g/mol. The van der Waals surface area contributed by atoms with E-state index in [1.807, 2.05) is 18.2 Å². The zero-order valence-corrected chi connectivity index (χ0v) is 11.4. The largest absolute Gasteiger partial charge is 0.480 e. The van der Waals surface area contributed by atoms with Crippen LogP contribution in [0.2, 0.25) is 0 Å². The zero-order valence-electron chi connectivity index (χ0n) is 11.4. The molecule has 4 nitrogen and oxygen atoms in total. The maximum Gasteiger partial charge on any atom is 0.326 e. The number of carbonyl (C=O) groups is 2. The molecule has 0 aromatic heterocycles. The van der Waals surface area contributed by atoms with Crippen LogP contribution in [0, 0.1) is 5.92 Å². The van der Waals surface area contributed by atoms with Crippen molar-refractivity contribution in [3.63, 3.8) is 0 Å². The third kappa shape index (κ3) is 2.55. The first-order valence-electron chi connectivity index (χ1n) is 7.24. The second-order valence-corrected chi connectivity index (χ2v) is 5.80. The van der Waals surface area contributed by atoms with Gasteiger partial charge in [-0.3, -0.25) is 4.79 Å². The molecule has 4 heteroatoms. The molecule has 20 heavy (non-hydrogen) atoms. The van der Waals surface area contributed by atoms with Crippen molar-refractivity contribution in [3.05, 3.63) is 35.9 Å². The fourth-order valence-corrected chi connectivity index (χ4v) is 3.25. The van der Waals surface area contributed by atoms with Crippen molar-refractivity contribution < 1.29 is 14.7 Å². The van der Waals surface area contributed by atoms with Gasteiger partial charge >= 0.3 is 5.97 Å². The van der Waals surface area contributed by atoms with Gasteiger partial charge in [-0.25, -0.2) is 4.79 Å². The summed E-state index contributed by atoms with van der Waals surface area (Å²) in [5, 5.41) is 9.12. The number of carboxylic acids is 1. The molecule has 1 aromatic rings. The van der Waals surface area contributed by atoms with E-state index in [2.05, 4.69) is 12.1 Å². The summed E-state index contributed by atoms with van der Waals surface area (Å²) in [6, 6.07) is 9.64. The van der Waals surface area contributed by atoms with Crippen LogP contribution < -0.4 is 0 Å². The van der Waals surface area contributed by atoms with Gasteiger partial charge in [0.2, 0.25) is 5.91 Å². The Morgan fingerprint density at radius 3 is 2.70 bits per heavy atom. The number of aliphatic carboxylic acids is 1. The van der Waals surface area contributed by atoms with Gasteiger partial charge in [-0.15, -0.1) is 0 Å². The summed E-state index contributed by atoms with van der Waals surface area (Å²) >= 11 is 0. The van der Waals surface area contributed by atoms with Crippen LogP contribution in [0.1, 0.15) is 37.2 Å². The normalized spacial score (nSPS) is 28.4. The highest BCUT2D eigenvalue weighted by atomic mass is 16.4. The number of nitrogens with zero attached hydrogens (tertiary/aromatic N) is 1. The summed E-state index contributed by atoms with van der Waals surface area (Å²) in [6.45, 7) is 0.596. The van der Waals surface area contributed by atoms with Crippen LogP contribution in [0.25, 0.3) is 0 Å². The first-order chi connectivity index (χ1) is 9.66. The maximum atomic E-state index is 12.3. The van der Waals surface area contributed by atoms with E-state index >= 15 is 0 Å². The van der Waals surface area contributed by atoms with Gasteiger partial charge in [0.05, 0.1) is 0 Å². The van der Waals surface area contributed by atoms with Crippen molar-refractivity contribution in [1.82, 2.24) is 4.90 Å². The highest BCUT2D eigenvalue weighted by Gasteiger charge is 2.42. The Hall–Kier alpha value is -1.84. The predicted molar refractivity (Wildman–Crippen MR) is 74.3 cm³/mol. The van der Waals surface area contributed by atoms with E-state index in [1.165, 1.54) is 5.56 Å². The van der Waals surface area contributed by atoms with Gasteiger partial charge < -0.3 is 10.0 Å². The number of carbonyl (C=O) groups excluding carboxylic acids is 1. The van der Waals surface area contributed by atoms with Crippen LogP contribution in [-0.2, 0) is 9.59 Å². The average molecular weight is 273 g/mol. The molecule has 3 atom stereocenters. The summed E-state index contributed by atoms with van der Waals surface area (Å²) < 4.78 is 0. The van der Waals surface area contributed by atoms with Crippen LogP contribution in [0.5, 0.6) is 0 Å². The fourth-order valence-electron chi connectivity index (χ4n) is 3.25. The second kappa shape index (κ2) is 5.27. The molecule has 1 saturated heterocycles. The molecule has 2 fully saturated rings. The van der Waals surface area contributed by atoms with Gasteiger partial charge in [0.1, 0.15) is 6.04 Å². The van der Waals surface area contributed by atoms with Crippen LogP contribution in [0.3, 0.4) is 0 Å². The average Bonchev–Trinajstić information content (AvgIpc) is 3.02. The summed E-state index contributed by atoms with van der Waals surface area (Å²) in [7, 11) is 0. The minimum absolute atomic E-state index is 0.0123. The lowest BCUT2D eigenvalue weighted by Crippen LogP contribution is -2.40. The first-order valence-corrected chi connectivity index (χ1v) is 7.24. The van der Waals surface area contributed by atoms with Gasteiger partial charge in [-0.1, -0.05) is 30.3 Å². The van der Waals surface area contributed by atoms with E-state index in [0.29, 0.717) is 31.2 Å². The third-order valence-electron chi connectivity index (χ3n) is 4.45. The minimum Gasteiger partial charge on any atom is -0.480 e. The number of likely N-dealkylation sites (tertiary alicyclic amines) is 1. The molecule has 1 saturated carbocycles. The van der Waals surface area contributed by atoms with Crippen molar-refractivity contribution in [3.8, 4) is 0 Å². The molecule has 1 aliphatic heterocycles. The fraction of sp³-hybridized carbons (Fsp3) is 0.500. The third-order valence-corrected chi connectivity index (χ3v) is 4.45. The minimum atomic E-state index is -0.869. The first kappa shape index (κ1) is 13.2. The van der Waals surface area contributed by atoms with E-state index in [4.69, 9.17) is 5.11 Å². The van der Waals surface area contributed by atoms with Crippen LogP contribution >= 0.6 is 0 Å². The van der Waals surface area contributed by atoms with Crippen LogP contribution in [-0.4, -0.2) is 34.5 Å². The molecule has 1 aliphatic carbocycles. The van der Waals surface area contributed by atoms with Gasteiger partial charge in [0.25, 0.3) is 0 Å². The topological polar surface area (TPSA) is 57.6 Å². The van der Waals surface area contributed by atoms with Crippen molar-refractivity contribution in [1.29, 1.82) is 0 Å². The molecule has 1 amide bonds. The van der Waals surface area contributed by atoms with Gasteiger partial charge in [-0.05, 0) is 36.7 Å². The Balaban J connectivity index is 1.57. The van der Waals surface area contributed by atoms with E-state index in [-0.39, 0.29) is 5.91 Å². The molecular weight excluding hydrogens is 254 g/mol. The Bertz CT molecular complexity index is 514. The number of amides is 1. The Kier molecular flexibility index (Phi) is 3.47. The summed E-state index contributed by atoms with van der Waals surface area (Å²) in [5.41, 5.74) is 1.29. The Morgan fingerprint density at radius 2 is 2.00 bits per heavy atom. The lowest BCUT2D eigenvalue weighted by Gasteiger charge is -2.21. The molecule has 0 radical (unpaired) electrons. The van der Waals surface area contributed by atoms with Crippen molar-refractivity contribution in [2.75, 3.05) is 6.54 Å². The van der Waals surface area contributed by atoms with E-state index < -0.39 is 12.0 Å². The maximum absolute atomic E-state index is 12.3. The number of benzene rings is 1. The molecule has 3 rings (SSSR count). The highest BCUT2D eigenvalue weighted by molar-refractivity contribution is 5.84. The summed E-state index contributed by atoms with van der Waals surface area (Å²) in [4.78, 5) is 24.9. The Morgan fingerprint density at radius 1 is 1.25 bits per heavy atom. The summed E-state index contributed by atoms with van der Waals surface area (Å²) in [5.74, 6) is 0.00978. The zero-order chi connectivity index (χ0) is 14.1. The number of rotatable bonds is 4. The Labute approximate surface area is 118 Å². The molecule has 1 aromatic carbocycles. The lowest BCUT2D eigenvalue weighted by molar-refractivity contribution is -0.148. The number of carboxylic acid groups (broad SMARTS) is 1. The van der Waals surface area contributed by atoms with E-state index in [9.17, 15) is 9.59 Å². The smallest absolute Gasteiger partial charge is 0.326 e. The second-order valence-electron chi connectivity index (χ2n) is 5.80. The number of hydrogen-bond acceptors (Lipinski definition) is 2. The van der Waals surface area contributed by atoms with Crippen LogP contribution in [0.15, 0.2) is 30.3 Å². The molecule has 106 valence electrons. The lowest BCUT2D eigenvalue weighted by atomic mass is 10.1. The van der Waals surface area contributed by atoms with Crippen molar-refractivity contribution >= 4 is 11.9 Å². The van der Waals surface area contributed by atoms with Crippen molar-refractivity contribution in [2.45, 2.75) is 37.6 Å². The quantitative estimate of drug-likeness (QED) is 0.915. The van der Waals surface area contributed by atoms with E-state index in [0.717, 1.165) is 12.8 Å². The molecule has 0 bridgehead atoms. The molecular formula is C16H19NO3. The molecule has 1 N–H and O–H groups in total. The predicted octanol–water partition coefficient (Wildman–Crippen LogP) is 2.26. The molecule has 2 aliphatic rings. The van der Waals surface area contributed by atoms with Crippen LogP contribution in [0.4, 0.5) is 0 Å². The van der Waals surface area contributed by atoms with Crippen molar-refractivity contribution in [2.24, 2.45) is 5.92 Å². The molecule has 0 unspecified atom stereocenters. The van der Waals surface area contributed by atoms with Gasteiger partial charge in [-0.2, -0.15) is 0 Å². The van der Waals surface area contributed by atoms with E-state index in [1.54, 1.807) is 4.90 Å². The molecule has 0 spiro atoms. The SMILES string of the molecule is O=C(O)[C@H]1CCCN1C(=O)C[C@@H]1C[C@H]1c1ccccc1.